The van der Waals surface area contributed by atoms with Crippen molar-refractivity contribution in [3.63, 3.8) is 0 Å². The first-order chi connectivity index (χ1) is 10.0. The summed E-state index contributed by atoms with van der Waals surface area (Å²) < 4.78 is 3.04. The molecular weight excluding hydrogens is 332 g/mol. The second-order valence-corrected chi connectivity index (χ2v) is 7.13. The number of halogens is 1. The van der Waals surface area contributed by atoms with Crippen molar-refractivity contribution in [2.45, 2.75) is 46.2 Å². The van der Waals surface area contributed by atoms with E-state index in [1.54, 1.807) is 0 Å². The summed E-state index contributed by atoms with van der Waals surface area (Å²) in [5.74, 6) is 0.297. The second-order valence-electron chi connectivity index (χ2n) is 6.34. The van der Waals surface area contributed by atoms with Crippen LogP contribution >= 0.6 is 15.9 Å². The maximum Gasteiger partial charge on any atom is 0.223 e. The molecule has 5 nitrogen and oxygen atoms in total. The Morgan fingerprint density at radius 3 is 2.76 bits per heavy atom. The van der Waals surface area contributed by atoms with E-state index in [4.69, 9.17) is 0 Å². The van der Waals surface area contributed by atoms with Crippen molar-refractivity contribution in [1.82, 2.24) is 20.0 Å². The molecule has 2 aliphatic heterocycles. The SMILES string of the molecule is CCn1nc(C)c(Br)c1CN1CC2(CCNCC2)CC1=O. The number of likely N-dealkylation sites (tertiary alicyclic amines) is 1. The lowest BCUT2D eigenvalue weighted by Crippen LogP contribution is -2.38. The van der Waals surface area contributed by atoms with E-state index in [1.165, 1.54) is 0 Å². The molecule has 0 saturated carbocycles. The van der Waals surface area contributed by atoms with Crippen molar-refractivity contribution in [3.8, 4) is 0 Å². The number of hydrogen-bond acceptors (Lipinski definition) is 3. The average Bonchev–Trinajstić information content (AvgIpc) is 2.91. The highest BCUT2D eigenvalue weighted by molar-refractivity contribution is 9.10. The number of rotatable bonds is 3. The number of nitrogens with zero attached hydrogens (tertiary/aromatic N) is 3. The quantitative estimate of drug-likeness (QED) is 0.903. The van der Waals surface area contributed by atoms with Crippen molar-refractivity contribution >= 4 is 21.8 Å². The van der Waals surface area contributed by atoms with Crippen LogP contribution in [0.15, 0.2) is 4.47 Å². The molecular formula is C15H23BrN4O. The van der Waals surface area contributed by atoms with Crippen molar-refractivity contribution in [2.75, 3.05) is 19.6 Å². The van der Waals surface area contributed by atoms with Gasteiger partial charge in [-0.3, -0.25) is 9.48 Å². The molecule has 2 fully saturated rings. The number of hydrogen-bond donors (Lipinski definition) is 1. The van der Waals surface area contributed by atoms with Crippen LogP contribution in [0.2, 0.25) is 0 Å². The molecule has 21 heavy (non-hydrogen) atoms. The van der Waals surface area contributed by atoms with Crippen LogP contribution in [0.3, 0.4) is 0 Å². The minimum atomic E-state index is 0.209. The maximum absolute atomic E-state index is 12.4. The Labute approximate surface area is 134 Å². The van der Waals surface area contributed by atoms with Crippen LogP contribution in [0.5, 0.6) is 0 Å². The van der Waals surface area contributed by atoms with Gasteiger partial charge in [-0.15, -0.1) is 0 Å². The van der Waals surface area contributed by atoms with Crippen LogP contribution < -0.4 is 5.32 Å². The highest BCUT2D eigenvalue weighted by Gasteiger charge is 2.43. The van der Waals surface area contributed by atoms with Gasteiger partial charge < -0.3 is 10.2 Å². The second kappa shape index (κ2) is 5.72. The van der Waals surface area contributed by atoms with Crippen molar-refractivity contribution in [3.05, 3.63) is 15.9 Å². The third kappa shape index (κ3) is 2.75. The lowest BCUT2D eigenvalue weighted by Gasteiger charge is -2.33. The first-order valence-corrected chi connectivity index (χ1v) is 8.54. The van der Waals surface area contributed by atoms with Crippen LogP contribution in [0.4, 0.5) is 0 Å². The summed E-state index contributed by atoms with van der Waals surface area (Å²) in [6, 6.07) is 0. The number of aryl methyl sites for hydroxylation is 2. The number of carbonyl (C=O) groups is 1. The summed E-state index contributed by atoms with van der Waals surface area (Å²) in [7, 11) is 0. The van der Waals surface area contributed by atoms with Gasteiger partial charge in [0.15, 0.2) is 0 Å². The van der Waals surface area contributed by atoms with E-state index in [2.05, 4.69) is 33.3 Å². The summed E-state index contributed by atoms with van der Waals surface area (Å²) in [4.78, 5) is 14.5. The van der Waals surface area contributed by atoms with Crippen LogP contribution in [0, 0.1) is 12.3 Å². The highest BCUT2D eigenvalue weighted by atomic mass is 79.9. The zero-order valence-electron chi connectivity index (χ0n) is 12.8. The van der Waals surface area contributed by atoms with Crippen LogP contribution in [-0.2, 0) is 17.9 Å². The third-order valence-electron chi connectivity index (χ3n) is 4.86. The summed E-state index contributed by atoms with van der Waals surface area (Å²) in [6.07, 6.45) is 2.94. The lowest BCUT2D eigenvalue weighted by atomic mass is 9.78. The number of aromatic nitrogens is 2. The largest absolute Gasteiger partial charge is 0.336 e. The predicted octanol–water partition coefficient (Wildman–Crippen LogP) is 2.08. The van der Waals surface area contributed by atoms with Gasteiger partial charge in [0.05, 0.1) is 22.4 Å². The first kappa shape index (κ1) is 15.0. The van der Waals surface area contributed by atoms with E-state index < -0.39 is 0 Å². The monoisotopic (exact) mass is 354 g/mol. The molecule has 3 rings (SSSR count). The van der Waals surface area contributed by atoms with E-state index in [1.807, 2.05) is 16.5 Å². The maximum atomic E-state index is 12.4. The molecule has 1 amide bonds. The molecule has 0 bridgehead atoms. The van der Waals surface area contributed by atoms with Crippen molar-refractivity contribution < 1.29 is 4.79 Å². The molecule has 116 valence electrons. The number of piperidine rings is 1. The fourth-order valence-corrected chi connectivity index (χ4v) is 4.03. The van der Waals surface area contributed by atoms with E-state index in [9.17, 15) is 4.79 Å². The molecule has 1 N–H and O–H groups in total. The Morgan fingerprint density at radius 1 is 1.38 bits per heavy atom. The van der Waals surface area contributed by atoms with E-state index in [-0.39, 0.29) is 5.41 Å². The topological polar surface area (TPSA) is 50.2 Å². The fraction of sp³-hybridized carbons (Fsp3) is 0.733. The molecule has 1 aromatic rings. The minimum absolute atomic E-state index is 0.209. The number of amides is 1. The Morgan fingerprint density at radius 2 is 2.10 bits per heavy atom. The summed E-state index contributed by atoms with van der Waals surface area (Å²) in [5.41, 5.74) is 2.32. The van der Waals surface area contributed by atoms with Crippen LogP contribution in [0.25, 0.3) is 0 Å². The summed E-state index contributed by atoms with van der Waals surface area (Å²) in [5, 5.41) is 7.92. The van der Waals surface area contributed by atoms with Gasteiger partial charge in [-0.2, -0.15) is 5.10 Å². The predicted molar refractivity (Wildman–Crippen MR) is 84.9 cm³/mol. The van der Waals surface area contributed by atoms with Gasteiger partial charge in [0, 0.05) is 19.5 Å². The van der Waals surface area contributed by atoms with Gasteiger partial charge in [0.25, 0.3) is 0 Å². The number of carbonyl (C=O) groups excluding carboxylic acids is 1. The molecule has 2 aliphatic rings. The molecule has 0 radical (unpaired) electrons. The lowest BCUT2D eigenvalue weighted by molar-refractivity contribution is -0.128. The molecule has 3 heterocycles. The van der Waals surface area contributed by atoms with Gasteiger partial charge in [-0.1, -0.05) is 0 Å². The van der Waals surface area contributed by atoms with Gasteiger partial charge in [0.2, 0.25) is 5.91 Å². The first-order valence-electron chi connectivity index (χ1n) is 7.75. The molecule has 0 aromatic carbocycles. The zero-order valence-corrected chi connectivity index (χ0v) is 14.4. The molecule has 1 aromatic heterocycles. The Hall–Kier alpha value is -0.880. The Bertz CT molecular complexity index is 548. The van der Waals surface area contributed by atoms with E-state index >= 15 is 0 Å². The van der Waals surface area contributed by atoms with Gasteiger partial charge in [0.1, 0.15) is 0 Å². The molecule has 0 atom stereocenters. The zero-order chi connectivity index (χ0) is 15.0. The highest BCUT2D eigenvalue weighted by Crippen LogP contribution is 2.40. The van der Waals surface area contributed by atoms with Crippen molar-refractivity contribution in [2.24, 2.45) is 5.41 Å². The Kier molecular flexibility index (Phi) is 4.10. The van der Waals surface area contributed by atoms with Crippen LogP contribution in [-0.4, -0.2) is 40.2 Å². The fourth-order valence-electron chi connectivity index (χ4n) is 3.62. The average molecular weight is 355 g/mol. The standard InChI is InChI=1S/C15H23BrN4O/c1-3-20-12(14(16)11(2)18-20)9-19-10-15(8-13(19)21)4-6-17-7-5-15/h17H,3-10H2,1-2H3. The summed E-state index contributed by atoms with van der Waals surface area (Å²) >= 11 is 3.63. The molecule has 0 unspecified atom stereocenters. The summed E-state index contributed by atoms with van der Waals surface area (Å²) in [6.45, 7) is 8.56. The minimum Gasteiger partial charge on any atom is -0.336 e. The molecule has 1 spiro atoms. The molecule has 6 heteroatoms. The Balaban J connectivity index is 1.78. The van der Waals surface area contributed by atoms with E-state index in [0.717, 1.165) is 54.9 Å². The normalized spacial score (nSPS) is 21.5. The van der Waals surface area contributed by atoms with Crippen LogP contribution in [0.1, 0.15) is 37.6 Å². The van der Waals surface area contributed by atoms with Gasteiger partial charge >= 0.3 is 0 Å². The third-order valence-corrected chi connectivity index (χ3v) is 5.89. The molecule has 0 aliphatic carbocycles. The van der Waals surface area contributed by atoms with Crippen molar-refractivity contribution in [1.29, 1.82) is 0 Å². The van der Waals surface area contributed by atoms with Gasteiger partial charge in [-0.25, -0.2) is 0 Å². The number of nitrogens with one attached hydrogen (secondary N) is 1. The molecule has 2 saturated heterocycles. The smallest absolute Gasteiger partial charge is 0.223 e. The van der Waals surface area contributed by atoms with E-state index in [0.29, 0.717) is 18.9 Å². The van der Waals surface area contributed by atoms with Gasteiger partial charge in [-0.05, 0) is 61.1 Å².